The fourth-order valence-electron chi connectivity index (χ4n) is 1.95. The van der Waals surface area contributed by atoms with Crippen LogP contribution in [0.1, 0.15) is 22.7 Å². The maximum absolute atomic E-state index is 10.9. The molecule has 0 aromatic carbocycles. The molecule has 0 aliphatic carbocycles. The Labute approximate surface area is 90.2 Å². The first-order valence-electron chi connectivity index (χ1n) is 4.96. The highest BCUT2D eigenvalue weighted by Crippen LogP contribution is 2.23. The minimum absolute atomic E-state index is 0.0575. The fourth-order valence-corrected chi connectivity index (χ4v) is 1.95. The van der Waals surface area contributed by atoms with Crippen molar-refractivity contribution in [3.8, 4) is 11.5 Å². The number of nitrogens with zero attached hydrogens (tertiary/aromatic N) is 4. The quantitative estimate of drug-likeness (QED) is 0.757. The summed E-state index contributed by atoms with van der Waals surface area (Å²) in [5.41, 5.74) is 0.412. The van der Waals surface area contributed by atoms with Crippen LogP contribution in [0.15, 0.2) is 6.33 Å². The molecular formula is C9H9N5O2. The van der Waals surface area contributed by atoms with Gasteiger partial charge in [0, 0.05) is 13.0 Å². The molecule has 2 aromatic heterocycles. The second-order valence-electron chi connectivity index (χ2n) is 3.63. The molecule has 0 saturated carbocycles. The van der Waals surface area contributed by atoms with Gasteiger partial charge >= 0.3 is 5.97 Å². The molecule has 7 nitrogen and oxygen atoms in total. The molecule has 0 radical (unpaired) electrons. The molecule has 16 heavy (non-hydrogen) atoms. The molecule has 0 fully saturated rings. The number of aromatic nitrogens is 5. The fraction of sp³-hybridized carbons (Fsp3) is 0.333. The Morgan fingerprint density at radius 1 is 1.50 bits per heavy atom. The normalized spacial score (nSPS) is 14.0. The van der Waals surface area contributed by atoms with E-state index in [4.69, 9.17) is 5.11 Å². The van der Waals surface area contributed by atoms with E-state index in [1.54, 1.807) is 0 Å². The van der Waals surface area contributed by atoms with E-state index >= 15 is 0 Å². The second-order valence-corrected chi connectivity index (χ2v) is 3.63. The number of aromatic carboxylic acids is 1. The van der Waals surface area contributed by atoms with E-state index in [1.807, 2.05) is 4.57 Å². The lowest BCUT2D eigenvalue weighted by molar-refractivity contribution is 0.0692. The maximum Gasteiger partial charge on any atom is 0.354 e. The van der Waals surface area contributed by atoms with Gasteiger partial charge in [-0.2, -0.15) is 0 Å². The minimum atomic E-state index is -1.04. The van der Waals surface area contributed by atoms with Crippen LogP contribution in [-0.2, 0) is 13.0 Å². The number of aromatic amines is 1. The number of carbonyl (C=O) groups is 1. The molecule has 3 rings (SSSR count). The van der Waals surface area contributed by atoms with Gasteiger partial charge in [0.2, 0.25) is 0 Å². The van der Waals surface area contributed by atoms with Gasteiger partial charge in [0.1, 0.15) is 11.5 Å². The first-order chi connectivity index (χ1) is 7.77. The SMILES string of the molecule is O=C(O)c1[nH]cnc1-c1nnc2n1CCC2. The molecule has 0 amide bonds. The smallest absolute Gasteiger partial charge is 0.354 e. The number of rotatable bonds is 2. The van der Waals surface area contributed by atoms with Gasteiger partial charge in [-0.1, -0.05) is 0 Å². The number of nitrogens with one attached hydrogen (secondary N) is 1. The molecular weight excluding hydrogens is 210 g/mol. The largest absolute Gasteiger partial charge is 0.477 e. The number of fused-ring (bicyclic) bond motifs is 1. The third-order valence-electron chi connectivity index (χ3n) is 2.67. The van der Waals surface area contributed by atoms with Gasteiger partial charge < -0.3 is 14.7 Å². The van der Waals surface area contributed by atoms with E-state index in [1.165, 1.54) is 6.33 Å². The van der Waals surface area contributed by atoms with Crippen LogP contribution in [0.3, 0.4) is 0 Å². The van der Waals surface area contributed by atoms with Crippen molar-refractivity contribution in [1.29, 1.82) is 0 Å². The molecule has 0 bridgehead atoms. The second kappa shape index (κ2) is 3.16. The summed E-state index contributed by atoms with van der Waals surface area (Å²) in [5.74, 6) is 0.392. The van der Waals surface area contributed by atoms with Crippen molar-refractivity contribution < 1.29 is 9.90 Å². The van der Waals surface area contributed by atoms with E-state index in [9.17, 15) is 4.79 Å². The Balaban J connectivity index is 2.15. The van der Waals surface area contributed by atoms with Crippen LogP contribution < -0.4 is 0 Å². The van der Waals surface area contributed by atoms with Crippen molar-refractivity contribution in [2.45, 2.75) is 19.4 Å². The first kappa shape index (κ1) is 9.08. The number of H-pyrrole nitrogens is 1. The number of carboxylic acid groups (broad SMARTS) is 1. The topological polar surface area (TPSA) is 96.7 Å². The summed E-state index contributed by atoms with van der Waals surface area (Å²) in [5, 5.41) is 17.0. The molecule has 2 aromatic rings. The van der Waals surface area contributed by atoms with Gasteiger partial charge in [-0.3, -0.25) is 0 Å². The lowest BCUT2D eigenvalue weighted by Gasteiger charge is -2.00. The molecule has 7 heteroatoms. The summed E-state index contributed by atoms with van der Waals surface area (Å²) < 4.78 is 1.92. The lowest BCUT2D eigenvalue weighted by Crippen LogP contribution is -2.03. The van der Waals surface area contributed by atoms with E-state index in [2.05, 4.69) is 20.2 Å². The molecule has 0 atom stereocenters. The minimum Gasteiger partial charge on any atom is -0.477 e. The average Bonchev–Trinajstić information content (AvgIpc) is 2.92. The molecule has 3 heterocycles. The number of imidazole rings is 1. The number of carboxylic acids is 1. The summed E-state index contributed by atoms with van der Waals surface area (Å²) >= 11 is 0. The molecule has 0 unspecified atom stereocenters. The Morgan fingerprint density at radius 2 is 2.38 bits per heavy atom. The van der Waals surface area contributed by atoms with Crippen LogP contribution in [0, 0.1) is 0 Å². The van der Waals surface area contributed by atoms with Crippen molar-refractivity contribution in [2.24, 2.45) is 0 Å². The van der Waals surface area contributed by atoms with Gasteiger partial charge in [0.05, 0.1) is 6.33 Å². The van der Waals surface area contributed by atoms with Crippen molar-refractivity contribution in [3.05, 3.63) is 17.8 Å². The van der Waals surface area contributed by atoms with Gasteiger partial charge in [0.25, 0.3) is 0 Å². The van der Waals surface area contributed by atoms with Crippen molar-refractivity contribution >= 4 is 5.97 Å². The van der Waals surface area contributed by atoms with Crippen LogP contribution in [0.25, 0.3) is 11.5 Å². The molecule has 0 spiro atoms. The standard InChI is InChI=1S/C9H9N5O2/c15-9(16)7-6(10-4-11-7)8-13-12-5-2-1-3-14(5)8/h4H,1-3H2,(H,10,11)(H,15,16). The monoisotopic (exact) mass is 219 g/mol. The van der Waals surface area contributed by atoms with Crippen LogP contribution in [0.4, 0.5) is 0 Å². The Kier molecular flexibility index (Phi) is 1.79. The lowest BCUT2D eigenvalue weighted by atomic mass is 10.3. The zero-order valence-corrected chi connectivity index (χ0v) is 8.34. The molecule has 82 valence electrons. The van der Waals surface area contributed by atoms with E-state index in [0.717, 1.165) is 25.2 Å². The van der Waals surface area contributed by atoms with Crippen LogP contribution in [0.2, 0.25) is 0 Å². The third kappa shape index (κ3) is 1.14. The van der Waals surface area contributed by atoms with Gasteiger partial charge in [-0.05, 0) is 6.42 Å². The van der Waals surface area contributed by atoms with Gasteiger partial charge in [0.15, 0.2) is 11.5 Å². The van der Waals surface area contributed by atoms with E-state index < -0.39 is 5.97 Å². The Morgan fingerprint density at radius 3 is 3.19 bits per heavy atom. The van der Waals surface area contributed by atoms with Gasteiger partial charge in [-0.25, -0.2) is 9.78 Å². The Hall–Kier alpha value is -2.18. The Bertz CT molecular complexity index is 556. The highest BCUT2D eigenvalue weighted by Gasteiger charge is 2.24. The molecule has 0 saturated heterocycles. The molecule has 1 aliphatic heterocycles. The number of hydrogen-bond acceptors (Lipinski definition) is 4. The summed E-state index contributed by atoms with van der Waals surface area (Å²) in [6.45, 7) is 0.823. The first-order valence-corrected chi connectivity index (χ1v) is 4.96. The highest BCUT2D eigenvalue weighted by atomic mass is 16.4. The van der Waals surface area contributed by atoms with Crippen molar-refractivity contribution in [2.75, 3.05) is 0 Å². The highest BCUT2D eigenvalue weighted by molar-refractivity contribution is 5.91. The summed E-state index contributed by atoms with van der Waals surface area (Å²) in [6.07, 6.45) is 3.26. The zero-order valence-electron chi connectivity index (χ0n) is 8.34. The summed E-state index contributed by atoms with van der Waals surface area (Å²) in [6, 6.07) is 0. The van der Waals surface area contributed by atoms with Crippen molar-refractivity contribution in [1.82, 2.24) is 24.7 Å². The van der Waals surface area contributed by atoms with E-state index in [0.29, 0.717) is 11.5 Å². The summed E-state index contributed by atoms with van der Waals surface area (Å²) in [7, 11) is 0. The summed E-state index contributed by atoms with van der Waals surface area (Å²) in [4.78, 5) is 17.5. The predicted octanol–water partition coefficient (Wildman–Crippen LogP) is 0.313. The zero-order chi connectivity index (χ0) is 11.1. The third-order valence-corrected chi connectivity index (χ3v) is 2.67. The average molecular weight is 219 g/mol. The van der Waals surface area contributed by atoms with Crippen LogP contribution >= 0.6 is 0 Å². The molecule has 1 aliphatic rings. The van der Waals surface area contributed by atoms with Crippen molar-refractivity contribution in [3.63, 3.8) is 0 Å². The predicted molar refractivity (Wildman–Crippen MR) is 52.9 cm³/mol. The maximum atomic E-state index is 10.9. The number of aryl methyl sites for hydroxylation is 1. The van der Waals surface area contributed by atoms with Gasteiger partial charge in [-0.15, -0.1) is 10.2 Å². The number of hydrogen-bond donors (Lipinski definition) is 2. The van der Waals surface area contributed by atoms with Crippen LogP contribution in [0.5, 0.6) is 0 Å². The van der Waals surface area contributed by atoms with E-state index in [-0.39, 0.29) is 5.69 Å². The molecule has 2 N–H and O–H groups in total. The van der Waals surface area contributed by atoms with Crippen LogP contribution in [-0.4, -0.2) is 35.8 Å².